The molecule has 2 N–H and O–H groups in total. The van der Waals surface area contributed by atoms with E-state index in [0.717, 1.165) is 25.1 Å². The van der Waals surface area contributed by atoms with Crippen molar-refractivity contribution >= 4 is 11.8 Å². The molecular formula is C28H31N3O2. The summed E-state index contributed by atoms with van der Waals surface area (Å²) in [4.78, 5) is 28.1. The van der Waals surface area contributed by atoms with Gasteiger partial charge in [-0.05, 0) is 36.6 Å². The van der Waals surface area contributed by atoms with Crippen LogP contribution in [0.4, 0.5) is 0 Å². The van der Waals surface area contributed by atoms with E-state index in [-0.39, 0.29) is 30.3 Å². The molecule has 1 fully saturated rings. The van der Waals surface area contributed by atoms with Crippen LogP contribution in [0.3, 0.4) is 0 Å². The van der Waals surface area contributed by atoms with Crippen LogP contribution in [0, 0.1) is 0 Å². The highest BCUT2D eigenvalue weighted by Gasteiger charge is 2.28. The van der Waals surface area contributed by atoms with Gasteiger partial charge < -0.3 is 10.6 Å². The Bertz CT molecular complexity index is 1040. The number of likely N-dealkylation sites (tertiary alicyclic amines) is 1. The van der Waals surface area contributed by atoms with Crippen LogP contribution in [0.5, 0.6) is 0 Å². The molecule has 0 radical (unpaired) electrons. The van der Waals surface area contributed by atoms with Crippen molar-refractivity contribution in [2.45, 2.75) is 37.9 Å². The highest BCUT2D eigenvalue weighted by molar-refractivity contribution is 5.94. The summed E-state index contributed by atoms with van der Waals surface area (Å²) >= 11 is 0. The molecule has 170 valence electrons. The van der Waals surface area contributed by atoms with Crippen molar-refractivity contribution in [3.05, 3.63) is 108 Å². The van der Waals surface area contributed by atoms with E-state index >= 15 is 0 Å². The van der Waals surface area contributed by atoms with E-state index in [1.165, 1.54) is 5.56 Å². The summed E-state index contributed by atoms with van der Waals surface area (Å²) < 4.78 is 0. The summed E-state index contributed by atoms with van der Waals surface area (Å²) in [7, 11) is 0. The molecule has 4 rings (SSSR count). The molecule has 5 heteroatoms. The second-order valence-corrected chi connectivity index (χ2v) is 8.64. The summed E-state index contributed by atoms with van der Waals surface area (Å²) in [5.41, 5.74) is 2.79. The molecule has 5 nitrogen and oxygen atoms in total. The molecule has 0 aliphatic carbocycles. The fourth-order valence-electron chi connectivity index (χ4n) is 4.44. The number of rotatable bonds is 8. The van der Waals surface area contributed by atoms with Crippen LogP contribution in [-0.2, 0) is 4.79 Å². The summed E-state index contributed by atoms with van der Waals surface area (Å²) in [6.45, 7) is 3.99. The third-order valence-electron chi connectivity index (χ3n) is 6.35. The van der Waals surface area contributed by atoms with Gasteiger partial charge in [0.25, 0.3) is 5.91 Å². The predicted octanol–water partition coefficient (Wildman–Crippen LogP) is 4.50. The Morgan fingerprint density at radius 1 is 0.879 bits per heavy atom. The first-order valence-electron chi connectivity index (χ1n) is 11.6. The third kappa shape index (κ3) is 6.08. The molecule has 33 heavy (non-hydrogen) atoms. The lowest BCUT2D eigenvalue weighted by atomic mass is 10.0. The second kappa shape index (κ2) is 10.9. The summed E-state index contributed by atoms with van der Waals surface area (Å²) in [5, 5.41) is 6.24. The SMILES string of the molecule is CC(c1ccccc1)N1CCC(NC(=O)CC(NC(=O)c2ccccc2)c2ccccc2)C1. The number of amides is 2. The summed E-state index contributed by atoms with van der Waals surface area (Å²) in [6.07, 6.45) is 1.13. The molecule has 1 heterocycles. The van der Waals surface area contributed by atoms with Gasteiger partial charge in [0, 0.05) is 30.7 Å². The second-order valence-electron chi connectivity index (χ2n) is 8.64. The standard InChI is InChI=1S/C28H31N3O2/c1-21(22-11-5-2-6-12-22)31-18-17-25(20-31)29-27(32)19-26(23-13-7-3-8-14-23)30-28(33)24-15-9-4-10-16-24/h2-16,21,25-26H,17-20H2,1H3,(H,29,32)(H,30,33). The van der Waals surface area contributed by atoms with E-state index in [2.05, 4.69) is 46.7 Å². The molecule has 3 aromatic rings. The molecule has 1 aliphatic rings. The van der Waals surface area contributed by atoms with Crippen molar-refractivity contribution in [2.24, 2.45) is 0 Å². The largest absolute Gasteiger partial charge is 0.352 e. The van der Waals surface area contributed by atoms with Gasteiger partial charge in [-0.25, -0.2) is 0 Å². The third-order valence-corrected chi connectivity index (χ3v) is 6.35. The van der Waals surface area contributed by atoms with Crippen LogP contribution in [-0.4, -0.2) is 35.8 Å². The molecule has 0 spiro atoms. The van der Waals surface area contributed by atoms with Gasteiger partial charge in [0.1, 0.15) is 0 Å². The number of nitrogens with one attached hydrogen (secondary N) is 2. The Balaban J connectivity index is 1.36. The topological polar surface area (TPSA) is 61.4 Å². The number of carbonyl (C=O) groups is 2. The maximum Gasteiger partial charge on any atom is 0.251 e. The van der Waals surface area contributed by atoms with Crippen LogP contribution in [0.25, 0.3) is 0 Å². The van der Waals surface area contributed by atoms with E-state index < -0.39 is 0 Å². The average Bonchev–Trinajstić information content (AvgIpc) is 3.33. The molecule has 0 aromatic heterocycles. The molecular weight excluding hydrogens is 410 g/mol. The molecule has 1 aliphatic heterocycles. The zero-order valence-corrected chi connectivity index (χ0v) is 19.0. The van der Waals surface area contributed by atoms with E-state index in [1.807, 2.05) is 54.6 Å². The van der Waals surface area contributed by atoms with Crippen molar-refractivity contribution < 1.29 is 9.59 Å². The van der Waals surface area contributed by atoms with Crippen LogP contribution in [0.1, 0.15) is 53.3 Å². The number of benzene rings is 3. The van der Waals surface area contributed by atoms with Gasteiger partial charge in [0.15, 0.2) is 0 Å². The Morgan fingerprint density at radius 2 is 1.45 bits per heavy atom. The lowest BCUT2D eigenvalue weighted by molar-refractivity contribution is -0.122. The van der Waals surface area contributed by atoms with Crippen molar-refractivity contribution in [3.8, 4) is 0 Å². The first-order chi connectivity index (χ1) is 16.1. The predicted molar refractivity (Wildman–Crippen MR) is 131 cm³/mol. The fraction of sp³-hybridized carbons (Fsp3) is 0.286. The Labute approximate surface area is 195 Å². The van der Waals surface area contributed by atoms with Crippen molar-refractivity contribution in [1.82, 2.24) is 15.5 Å². The Hall–Kier alpha value is -3.44. The summed E-state index contributed by atoms with van der Waals surface area (Å²) in [5.74, 6) is -0.225. The Kier molecular flexibility index (Phi) is 7.53. The first-order valence-corrected chi connectivity index (χ1v) is 11.6. The molecule has 1 saturated heterocycles. The van der Waals surface area contributed by atoms with Gasteiger partial charge in [0.05, 0.1) is 12.5 Å². The quantitative estimate of drug-likeness (QED) is 0.541. The van der Waals surface area contributed by atoms with Crippen LogP contribution < -0.4 is 10.6 Å². The lowest BCUT2D eigenvalue weighted by Crippen LogP contribution is -2.40. The number of hydrogen-bond donors (Lipinski definition) is 2. The van der Waals surface area contributed by atoms with E-state index in [1.54, 1.807) is 12.1 Å². The normalized spacial score (nSPS) is 17.8. The zero-order chi connectivity index (χ0) is 23.0. The summed E-state index contributed by atoms with van der Waals surface area (Å²) in [6, 6.07) is 29.3. The van der Waals surface area contributed by atoms with Gasteiger partial charge in [-0.2, -0.15) is 0 Å². The number of nitrogens with zero attached hydrogens (tertiary/aromatic N) is 1. The molecule has 3 aromatic carbocycles. The smallest absolute Gasteiger partial charge is 0.251 e. The van der Waals surface area contributed by atoms with Crippen LogP contribution >= 0.6 is 0 Å². The minimum Gasteiger partial charge on any atom is -0.352 e. The molecule has 3 atom stereocenters. The molecule has 0 saturated carbocycles. The van der Waals surface area contributed by atoms with E-state index in [9.17, 15) is 9.59 Å². The maximum atomic E-state index is 13.0. The van der Waals surface area contributed by atoms with Gasteiger partial charge in [0.2, 0.25) is 5.91 Å². The molecule has 0 bridgehead atoms. The van der Waals surface area contributed by atoms with Crippen LogP contribution in [0.2, 0.25) is 0 Å². The molecule has 3 unspecified atom stereocenters. The fourth-order valence-corrected chi connectivity index (χ4v) is 4.44. The van der Waals surface area contributed by atoms with Crippen LogP contribution in [0.15, 0.2) is 91.0 Å². The zero-order valence-electron chi connectivity index (χ0n) is 19.0. The number of hydrogen-bond acceptors (Lipinski definition) is 3. The highest BCUT2D eigenvalue weighted by atomic mass is 16.2. The van der Waals surface area contributed by atoms with Gasteiger partial charge in [-0.3, -0.25) is 14.5 Å². The van der Waals surface area contributed by atoms with Gasteiger partial charge >= 0.3 is 0 Å². The highest BCUT2D eigenvalue weighted by Crippen LogP contribution is 2.25. The molecule has 2 amide bonds. The monoisotopic (exact) mass is 441 g/mol. The van der Waals surface area contributed by atoms with E-state index in [0.29, 0.717) is 11.6 Å². The Morgan fingerprint density at radius 3 is 2.09 bits per heavy atom. The average molecular weight is 442 g/mol. The van der Waals surface area contributed by atoms with Gasteiger partial charge in [-0.15, -0.1) is 0 Å². The minimum absolute atomic E-state index is 0.0450. The van der Waals surface area contributed by atoms with Crippen molar-refractivity contribution in [3.63, 3.8) is 0 Å². The van der Waals surface area contributed by atoms with Crippen molar-refractivity contribution in [2.75, 3.05) is 13.1 Å². The minimum atomic E-state index is -0.389. The lowest BCUT2D eigenvalue weighted by Gasteiger charge is -2.25. The van der Waals surface area contributed by atoms with E-state index in [4.69, 9.17) is 0 Å². The van der Waals surface area contributed by atoms with Gasteiger partial charge in [-0.1, -0.05) is 78.9 Å². The first kappa shape index (κ1) is 22.7. The number of carbonyl (C=O) groups excluding carboxylic acids is 2. The maximum absolute atomic E-state index is 13.0. The van der Waals surface area contributed by atoms with Crippen molar-refractivity contribution in [1.29, 1.82) is 0 Å².